The number of carbonyl (C=O) groups excluding carboxylic acids is 2. The van der Waals surface area contributed by atoms with E-state index in [1.54, 1.807) is 48.5 Å². The molecule has 0 fully saturated rings. The lowest BCUT2D eigenvalue weighted by molar-refractivity contribution is -0.148. The summed E-state index contributed by atoms with van der Waals surface area (Å²) in [5.74, 6) is -1.09. The molecule has 2 aromatic carbocycles. The van der Waals surface area contributed by atoms with Gasteiger partial charge in [0.25, 0.3) is 0 Å². The highest BCUT2D eigenvalue weighted by Gasteiger charge is 2.44. The lowest BCUT2D eigenvalue weighted by Gasteiger charge is -2.17. The summed E-state index contributed by atoms with van der Waals surface area (Å²) in [7, 11) is 2.53. The van der Waals surface area contributed by atoms with Crippen molar-refractivity contribution in [1.29, 1.82) is 0 Å². The van der Waals surface area contributed by atoms with Gasteiger partial charge in [-0.1, -0.05) is 24.3 Å². The minimum atomic E-state index is -1.04. The molecule has 8 nitrogen and oxygen atoms in total. The number of methoxy groups -OCH3 is 2. The van der Waals surface area contributed by atoms with Crippen LogP contribution in [0.3, 0.4) is 0 Å². The van der Waals surface area contributed by atoms with Crippen LogP contribution in [0.1, 0.15) is 17.0 Å². The molecule has 154 valence electrons. The van der Waals surface area contributed by atoms with Crippen molar-refractivity contribution in [2.45, 2.75) is 12.0 Å². The second kappa shape index (κ2) is 7.90. The number of rotatable bonds is 5. The molecule has 0 amide bonds. The largest absolute Gasteiger partial charge is 0.482 e. The van der Waals surface area contributed by atoms with Gasteiger partial charge in [-0.2, -0.15) is 0 Å². The molecule has 1 aliphatic heterocycles. The van der Waals surface area contributed by atoms with E-state index in [2.05, 4.69) is 4.74 Å². The van der Waals surface area contributed by atoms with Gasteiger partial charge in [-0.05, 0) is 29.8 Å². The van der Waals surface area contributed by atoms with Crippen LogP contribution in [-0.2, 0) is 19.1 Å². The van der Waals surface area contributed by atoms with Gasteiger partial charge in [-0.25, -0.2) is 14.4 Å². The van der Waals surface area contributed by atoms with Crippen molar-refractivity contribution in [2.75, 3.05) is 20.8 Å². The SMILES string of the molecule is COC(=O)COc1ccc([C@@H]2c3c(c4ccccc4oc3=O)O[C@H]2C(=O)OC)cc1. The first-order chi connectivity index (χ1) is 14.5. The molecule has 0 saturated carbocycles. The predicted octanol–water partition coefficient (Wildman–Crippen LogP) is 2.41. The molecule has 2 heterocycles. The summed E-state index contributed by atoms with van der Waals surface area (Å²) in [6, 6.07) is 13.6. The van der Waals surface area contributed by atoms with Crippen LogP contribution in [0.2, 0.25) is 0 Å². The maximum absolute atomic E-state index is 12.8. The highest BCUT2D eigenvalue weighted by atomic mass is 16.6. The predicted molar refractivity (Wildman–Crippen MR) is 105 cm³/mol. The third-order valence-corrected chi connectivity index (χ3v) is 4.91. The van der Waals surface area contributed by atoms with E-state index in [1.165, 1.54) is 14.2 Å². The Hall–Kier alpha value is -3.81. The van der Waals surface area contributed by atoms with Crippen molar-refractivity contribution >= 4 is 22.9 Å². The van der Waals surface area contributed by atoms with Gasteiger partial charge in [0, 0.05) is 0 Å². The third kappa shape index (κ3) is 3.36. The summed E-state index contributed by atoms with van der Waals surface area (Å²) in [5, 5.41) is 0.599. The average Bonchev–Trinajstić information content (AvgIpc) is 3.19. The van der Waals surface area contributed by atoms with Gasteiger partial charge in [0.1, 0.15) is 17.1 Å². The molecule has 4 rings (SSSR count). The number of hydrogen-bond donors (Lipinski definition) is 0. The fourth-order valence-corrected chi connectivity index (χ4v) is 3.49. The Labute approximate surface area is 170 Å². The van der Waals surface area contributed by atoms with Crippen molar-refractivity contribution in [1.82, 2.24) is 0 Å². The summed E-state index contributed by atoms with van der Waals surface area (Å²) in [6.07, 6.45) is -1.04. The van der Waals surface area contributed by atoms with Crippen LogP contribution in [0.25, 0.3) is 11.0 Å². The van der Waals surface area contributed by atoms with Gasteiger partial charge in [0.05, 0.1) is 31.1 Å². The molecule has 0 saturated heterocycles. The number of para-hydroxylation sites is 1. The second-order valence-electron chi connectivity index (χ2n) is 6.60. The third-order valence-electron chi connectivity index (χ3n) is 4.91. The van der Waals surface area contributed by atoms with Crippen LogP contribution < -0.4 is 15.1 Å². The summed E-state index contributed by atoms with van der Waals surface area (Å²) < 4.78 is 26.2. The maximum atomic E-state index is 12.8. The minimum Gasteiger partial charge on any atom is -0.482 e. The number of ether oxygens (including phenoxy) is 4. The maximum Gasteiger partial charge on any atom is 0.348 e. The summed E-state index contributed by atoms with van der Waals surface area (Å²) in [4.78, 5) is 36.4. The Morgan fingerprint density at radius 2 is 1.73 bits per heavy atom. The second-order valence-corrected chi connectivity index (χ2v) is 6.60. The van der Waals surface area contributed by atoms with E-state index in [0.29, 0.717) is 28.0 Å². The topological polar surface area (TPSA) is 101 Å². The molecule has 8 heteroatoms. The highest BCUT2D eigenvalue weighted by molar-refractivity contribution is 5.88. The van der Waals surface area contributed by atoms with E-state index < -0.39 is 29.6 Å². The molecule has 0 bridgehead atoms. The Kier molecular flexibility index (Phi) is 5.14. The van der Waals surface area contributed by atoms with Crippen LogP contribution in [0.4, 0.5) is 0 Å². The zero-order chi connectivity index (χ0) is 21.3. The van der Waals surface area contributed by atoms with Crippen LogP contribution in [0, 0.1) is 0 Å². The van der Waals surface area contributed by atoms with Crippen LogP contribution >= 0.6 is 0 Å². The van der Waals surface area contributed by atoms with Gasteiger partial charge >= 0.3 is 17.6 Å². The molecule has 2 atom stereocenters. The average molecular weight is 410 g/mol. The first kappa shape index (κ1) is 19.5. The molecular weight excluding hydrogens is 392 g/mol. The van der Waals surface area contributed by atoms with E-state index in [1.807, 2.05) is 0 Å². The molecule has 3 aromatic rings. The first-order valence-electron chi connectivity index (χ1n) is 9.13. The van der Waals surface area contributed by atoms with Gasteiger partial charge in [-0.15, -0.1) is 0 Å². The van der Waals surface area contributed by atoms with Crippen LogP contribution in [0.15, 0.2) is 57.7 Å². The highest BCUT2D eigenvalue weighted by Crippen LogP contribution is 2.44. The van der Waals surface area contributed by atoms with E-state index in [9.17, 15) is 14.4 Å². The summed E-state index contributed by atoms with van der Waals surface area (Å²) >= 11 is 0. The lowest BCUT2D eigenvalue weighted by atomic mass is 9.88. The van der Waals surface area contributed by atoms with Crippen LogP contribution in [0.5, 0.6) is 11.5 Å². The van der Waals surface area contributed by atoms with E-state index >= 15 is 0 Å². The Morgan fingerprint density at radius 1 is 1.00 bits per heavy atom. The Morgan fingerprint density at radius 3 is 2.43 bits per heavy atom. The number of benzene rings is 2. The number of esters is 2. The summed E-state index contributed by atoms with van der Waals surface area (Å²) in [5.41, 5.74) is 0.688. The summed E-state index contributed by atoms with van der Waals surface area (Å²) in [6.45, 7) is -0.231. The zero-order valence-electron chi connectivity index (χ0n) is 16.2. The molecule has 1 aliphatic rings. The molecule has 0 N–H and O–H groups in total. The number of fused-ring (bicyclic) bond motifs is 3. The van der Waals surface area contributed by atoms with E-state index in [-0.39, 0.29) is 12.2 Å². The van der Waals surface area contributed by atoms with Gasteiger partial charge < -0.3 is 23.4 Å². The van der Waals surface area contributed by atoms with Crippen molar-refractivity contribution in [2.24, 2.45) is 0 Å². The van der Waals surface area contributed by atoms with Crippen molar-refractivity contribution in [3.8, 4) is 11.5 Å². The van der Waals surface area contributed by atoms with Crippen molar-refractivity contribution in [3.05, 3.63) is 70.1 Å². The Bertz CT molecular complexity index is 1160. The molecule has 0 spiro atoms. The monoisotopic (exact) mass is 410 g/mol. The van der Waals surface area contributed by atoms with Crippen molar-refractivity contribution < 1.29 is 33.0 Å². The smallest absolute Gasteiger partial charge is 0.348 e. The van der Waals surface area contributed by atoms with Gasteiger partial charge in [-0.3, -0.25) is 0 Å². The molecule has 0 aliphatic carbocycles. The molecule has 30 heavy (non-hydrogen) atoms. The molecule has 0 radical (unpaired) electrons. The molecule has 0 unspecified atom stereocenters. The quantitative estimate of drug-likeness (QED) is 0.467. The fourth-order valence-electron chi connectivity index (χ4n) is 3.49. The minimum absolute atomic E-state index is 0.231. The zero-order valence-corrected chi connectivity index (χ0v) is 16.2. The van der Waals surface area contributed by atoms with Crippen molar-refractivity contribution in [3.63, 3.8) is 0 Å². The Balaban J connectivity index is 1.76. The van der Waals surface area contributed by atoms with E-state index in [4.69, 9.17) is 18.6 Å². The van der Waals surface area contributed by atoms with Gasteiger partial charge in [0.15, 0.2) is 6.61 Å². The first-order valence-corrected chi connectivity index (χ1v) is 9.13. The van der Waals surface area contributed by atoms with Crippen LogP contribution in [-0.4, -0.2) is 38.9 Å². The van der Waals surface area contributed by atoms with E-state index in [0.717, 1.165) is 0 Å². The van der Waals surface area contributed by atoms with Gasteiger partial charge in [0.2, 0.25) is 6.10 Å². The lowest BCUT2D eigenvalue weighted by Crippen LogP contribution is -2.31. The molecular formula is C22H18O8. The fraction of sp³-hybridized carbons (Fsp3) is 0.227. The standard InChI is InChI=1S/C22H18O8/c1-26-16(23)11-28-13-9-7-12(8-10-13)17-18-19(30-20(17)22(25)27-2)14-5-3-4-6-15(14)29-21(18)24/h3-10,17,20H,11H2,1-2H3/t17-,20-/m1/s1. The molecule has 1 aromatic heterocycles. The number of hydrogen-bond acceptors (Lipinski definition) is 8. The normalized spacial score (nSPS) is 17.1. The number of carbonyl (C=O) groups is 2.